The monoisotopic (exact) mass is 623 g/mol. The molecular formula is C39H34BrN3. The van der Waals surface area contributed by atoms with Crippen molar-refractivity contribution in [3.05, 3.63) is 156 Å². The van der Waals surface area contributed by atoms with E-state index >= 15 is 0 Å². The summed E-state index contributed by atoms with van der Waals surface area (Å²) in [5.41, 5.74) is 7.42. The first-order valence-electron chi connectivity index (χ1n) is 14.5. The quantitative estimate of drug-likeness (QED) is 0.211. The highest BCUT2D eigenvalue weighted by Crippen LogP contribution is 2.23. The Kier molecular flexibility index (Phi) is 8.13. The van der Waals surface area contributed by atoms with Crippen molar-refractivity contribution in [2.45, 2.75) is 13.1 Å². The average molecular weight is 625 g/mol. The Morgan fingerprint density at radius 1 is 0.605 bits per heavy atom. The zero-order chi connectivity index (χ0) is 28.5. The highest BCUT2D eigenvalue weighted by atomic mass is 79.9. The summed E-state index contributed by atoms with van der Waals surface area (Å²) in [7, 11) is 4.15. The molecule has 1 aromatic heterocycles. The molecule has 7 aromatic rings. The maximum atomic E-state index is 2.46. The predicted molar refractivity (Wildman–Crippen MR) is 178 cm³/mol. The van der Waals surface area contributed by atoms with E-state index in [1.54, 1.807) is 0 Å². The van der Waals surface area contributed by atoms with Crippen LogP contribution in [-0.2, 0) is 13.1 Å². The highest BCUT2D eigenvalue weighted by molar-refractivity contribution is 5.84. The Labute approximate surface area is 263 Å². The first-order chi connectivity index (χ1) is 20.6. The van der Waals surface area contributed by atoms with Crippen LogP contribution in [0.1, 0.15) is 22.5 Å². The topological polar surface area (TPSA) is 12.1 Å². The molecule has 4 heteroatoms. The highest BCUT2D eigenvalue weighted by Gasteiger charge is 2.23. The first kappa shape index (κ1) is 28.4. The lowest BCUT2D eigenvalue weighted by atomic mass is 10.1. The van der Waals surface area contributed by atoms with Crippen LogP contribution in [0.5, 0.6) is 0 Å². The van der Waals surface area contributed by atoms with Gasteiger partial charge >= 0.3 is 0 Å². The van der Waals surface area contributed by atoms with Crippen LogP contribution in [0.4, 0.5) is 5.69 Å². The Balaban J connectivity index is 0.00000329. The zero-order valence-corrected chi connectivity index (χ0v) is 26.1. The van der Waals surface area contributed by atoms with Crippen LogP contribution >= 0.6 is 0 Å². The lowest BCUT2D eigenvalue weighted by Crippen LogP contribution is -3.00. The normalized spacial score (nSPS) is 11.4. The molecule has 6 aromatic carbocycles. The maximum Gasteiger partial charge on any atom is 0.283 e. The third-order valence-electron chi connectivity index (χ3n) is 8.16. The summed E-state index contributed by atoms with van der Waals surface area (Å²) in [5.74, 6) is 1.18. The largest absolute Gasteiger partial charge is 1.00 e. The van der Waals surface area contributed by atoms with Crippen LogP contribution < -0.4 is 26.4 Å². The van der Waals surface area contributed by atoms with Gasteiger partial charge in [-0.2, -0.15) is 0 Å². The van der Waals surface area contributed by atoms with E-state index in [2.05, 4.69) is 174 Å². The van der Waals surface area contributed by atoms with Gasteiger partial charge in [0.2, 0.25) is 0 Å². The molecule has 43 heavy (non-hydrogen) atoms. The van der Waals surface area contributed by atoms with E-state index in [0.717, 1.165) is 13.1 Å². The number of fused-ring (bicyclic) bond motifs is 3. The fourth-order valence-corrected chi connectivity index (χ4v) is 5.92. The zero-order valence-electron chi connectivity index (χ0n) is 24.5. The van der Waals surface area contributed by atoms with Crippen molar-refractivity contribution in [2.24, 2.45) is 0 Å². The molecule has 7 rings (SSSR count). The molecule has 0 unspecified atom stereocenters. The van der Waals surface area contributed by atoms with Crippen molar-refractivity contribution in [1.29, 1.82) is 0 Å². The van der Waals surface area contributed by atoms with Crippen LogP contribution in [0, 0.1) is 0 Å². The van der Waals surface area contributed by atoms with Gasteiger partial charge in [0.05, 0.1) is 0 Å². The van der Waals surface area contributed by atoms with E-state index in [4.69, 9.17) is 0 Å². The van der Waals surface area contributed by atoms with Gasteiger partial charge in [-0.3, -0.25) is 0 Å². The van der Waals surface area contributed by atoms with Gasteiger partial charge in [0.25, 0.3) is 5.82 Å². The van der Waals surface area contributed by atoms with Crippen LogP contribution in [0.3, 0.4) is 0 Å². The van der Waals surface area contributed by atoms with Crippen LogP contribution in [0.25, 0.3) is 44.7 Å². The SMILES string of the molecule is CN(C)c1ccc(/C=C/c2n(Cc3ccc4ccccc4c3)c3ccccc3[n+]2Cc2ccc3ccccc3c2)cc1.[Br-]. The molecule has 0 radical (unpaired) electrons. The van der Waals surface area contributed by atoms with Crippen molar-refractivity contribution >= 4 is 50.4 Å². The van der Waals surface area contributed by atoms with E-state index in [0.29, 0.717) is 0 Å². The summed E-state index contributed by atoms with van der Waals surface area (Å²) >= 11 is 0. The van der Waals surface area contributed by atoms with E-state index in [1.165, 1.54) is 60.8 Å². The van der Waals surface area contributed by atoms with Gasteiger partial charge in [0.15, 0.2) is 11.0 Å². The molecule has 0 aliphatic rings. The third kappa shape index (κ3) is 5.84. The second kappa shape index (κ2) is 12.3. The number of benzene rings is 6. The van der Waals surface area contributed by atoms with Crippen molar-refractivity contribution in [3.8, 4) is 0 Å². The minimum Gasteiger partial charge on any atom is -1.00 e. The Hall–Kier alpha value is -4.67. The second-order valence-electron chi connectivity index (χ2n) is 11.2. The molecule has 0 amide bonds. The van der Waals surface area contributed by atoms with Crippen LogP contribution in [-0.4, -0.2) is 18.7 Å². The van der Waals surface area contributed by atoms with Gasteiger partial charge in [-0.15, -0.1) is 0 Å². The number of hydrogen-bond donors (Lipinski definition) is 0. The molecule has 0 N–H and O–H groups in total. The molecule has 1 heterocycles. The number of rotatable bonds is 7. The van der Waals surface area contributed by atoms with Gasteiger partial charge in [-0.05, 0) is 80.7 Å². The number of aromatic nitrogens is 2. The van der Waals surface area contributed by atoms with Crippen molar-refractivity contribution in [3.63, 3.8) is 0 Å². The molecule has 0 saturated heterocycles. The number of para-hydroxylation sites is 2. The van der Waals surface area contributed by atoms with Gasteiger partial charge in [0, 0.05) is 25.9 Å². The molecule has 0 aliphatic carbocycles. The molecule has 0 bridgehead atoms. The van der Waals surface area contributed by atoms with Crippen molar-refractivity contribution in [1.82, 2.24) is 4.57 Å². The third-order valence-corrected chi connectivity index (χ3v) is 8.16. The number of halogens is 1. The van der Waals surface area contributed by atoms with Gasteiger partial charge < -0.3 is 21.9 Å². The number of nitrogens with zero attached hydrogens (tertiary/aromatic N) is 3. The molecule has 0 saturated carbocycles. The second-order valence-corrected chi connectivity index (χ2v) is 11.2. The standard InChI is InChI=1S/C39H34N3.BrH/c1-40(2)36-22-17-29(18-23-36)19-24-39-41(27-30-15-20-32-9-3-5-11-34(32)25-30)37-13-7-8-14-38(37)42(39)28-31-16-21-33-10-4-6-12-35(33)26-31;/h3-26H,27-28H2,1-2H3;1H/q+1;/p-1. The molecule has 212 valence electrons. The minimum atomic E-state index is 0. The Bertz CT molecular complexity index is 1950. The van der Waals surface area contributed by atoms with Crippen molar-refractivity contribution in [2.75, 3.05) is 19.0 Å². The smallest absolute Gasteiger partial charge is 0.283 e. The minimum absolute atomic E-state index is 0. The first-order valence-corrected chi connectivity index (χ1v) is 14.5. The summed E-state index contributed by atoms with van der Waals surface area (Å²) in [6.45, 7) is 1.57. The molecule has 0 aliphatic heterocycles. The molecular weight excluding hydrogens is 590 g/mol. The van der Waals surface area contributed by atoms with E-state index in [9.17, 15) is 0 Å². The molecule has 3 nitrogen and oxygen atoms in total. The maximum absolute atomic E-state index is 2.46. The summed E-state index contributed by atoms with van der Waals surface area (Å²) in [5, 5.41) is 5.08. The fraction of sp³-hybridized carbons (Fsp3) is 0.103. The Morgan fingerprint density at radius 3 is 1.86 bits per heavy atom. The fourth-order valence-electron chi connectivity index (χ4n) is 5.92. The average Bonchev–Trinajstić information content (AvgIpc) is 3.31. The lowest BCUT2D eigenvalue weighted by Gasteiger charge is -2.11. The Morgan fingerprint density at radius 2 is 1.19 bits per heavy atom. The van der Waals surface area contributed by atoms with Gasteiger partial charge in [-0.1, -0.05) is 97.1 Å². The van der Waals surface area contributed by atoms with Gasteiger partial charge in [0.1, 0.15) is 13.1 Å². The summed E-state index contributed by atoms with van der Waals surface area (Å²) in [4.78, 5) is 2.13. The van der Waals surface area contributed by atoms with E-state index in [1.807, 2.05) is 0 Å². The lowest BCUT2D eigenvalue weighted by molar-refractivity contribution is -0.665. The van der Waals surface area contributed by atoms with Crippen LogP contribution in [0.2, 0.25) is 0 Å². The molecule has 0 atom stereocenters. The number of hydrogen-bond acceptors (Lipinski definition) is 1. The van der Waals surface area contributed by atoms with Gasteiger partial charge in [-0.25, -0.2) is 9.13 Å². The molecule has 0 spiro atoms. The predicted octanol–water partition coefficient (Wildman–Crippen LogP) is 5.57. The van der Waals surface area contributed by atoms with E-state index in [-0.39, 0.29) is 17.0 Å². The van der Waals surface area contributed by atoms with Crippen molar-refractivity contribution < 1.29 is 21.5 Å². The number of anilines is 1. The summed E-state index contributed by atoms with van der Waals surface area (Å²) < 4.78 is 4.93. The summed E-state index contributed by atoms with van der Waals surface area (Å²) in [6.07, 6.45) is 4.52. The number of imidazole rings is 1. The molecule has 0 fully saturated rings. The summed E-state index contributed by atoms with van der Waals surface area (Å²) in [6, 6.07) is 48.4. The van der Waals surface area contributed by atoms with Crippen LogP contribution in [0.15, 0.2) is 133 Å². The van der Waals surface area contributed by atoms with E-state index < -0.39 is 0 Å².